The molecule has 0 unspecified atom stereocenters. The van der Waals surface area contributed by atoms with E-state index in [1.165, 1.54) is 22.4 Å². The molecule has 0 aromatic heterocycles. The summed E-state index contributed by atoms with van der Waals surface area (Å²) in [6.07, 6.45) is -0.499. The Kier molecular flexibility index (Phi) is 8.92. The summed E-state index contributed by atoms with van der Waals surface area (Å²) >= 11 is 0. The van der Waals surface area contributed by atoms with Crippen LogP contribution in [0.25, 0.3) is 0 Å². The predicted molar refractivity (Wildman–Crippen MR) is 132 cm³/mol. The van der Waals surface area contributed by atoms with Crippen molar-refractivity contribution < 1.29 is 27.8 Å². The molecule has 0 radical (unpaired) electrons. The molecule has 1 N–H and O–H groups in total. The third-order valence-corrected chi connectivity index (χ3v) is 7.96. The van der Waals surface area contributed by atoms with E-state index in [2.05, 4.69) is 11.8 Å². The number of carbonyl (C=O) groups excluding carboxylic acids is 1. The first kappa shape index (κ1) is 26.7. The van der Waals surface area contributed by atoms with Gasteiger partial charge in [0.15, 0.2) is 0 Å². The Bertz CT molecular complexity index is 1190. The maximum atomic E-state index is 13.6. The minimum absolute atomic E-state index is 0.00540. The molecule has 35 heavy (non-hydrogen) atoms. The van der Waals surface area contributed by atoms with Gasteiger partial charge in [-0.2, -0.15) is 4.31 Å². The van der Waals surface area contributed by atoms with Crippen molar-refractivity contribution in [1.29, 1.82) is 0 Å². The zero-order valence-electron chi connectivity index (χ0n) is 20.5. The standard InChI is InChI=1S/C26H32N2O6S/c1-19-15-28(20(2)17-29)35(31,32)25-13-12-22(11-10-21-8-6-5-7-9-21)14-23(25)34-24(19)16-27(3)26(30)18-33-4/h5-9,12-14,19-20,24,29H,15-18H2,1-4H3/t19-,20-,24+/m1/s1. The number of likely N-dealkylation sites (N-methyl/N-ethyl adjacent to an activating group) is 1. The quantitative estimate of drug-likeness (QED) is 0.610. The highest BCUT2D eigenvalue weighted by molar-refractivity contribution is 7.89. The van der Waals surface area contributed by atoms with E-state index in [0.29, 0.717) is 5.56 Å². The Balaban J connectivity index is 2.04. The van der Waals surface area contributed by atoms with Crippen molar-refractivity contribution >= 4 is 15.9 Å². The molecular formula is C26H32N2O6S. The van der Waals surface area contributed by atoms with Gasteiger partial charge in [-0.05, 0) is 37.3 Å². The molecule has 1 aliphatic heterocycles. The van der Waals surface area contributed by atoms with Crippen LogP contribution in [-0.4, -0.2) is 81.2 Å². The molecule has 1 heterocycles. The molecule has 0 saturated heterocycles. The fourth-order valence-electron chi connectivity index (χ4n) is 3.79. The summed E-state index contributed by atoms with van der Waals surface area (Å²) in [5.74, 6) is 5.82. The molecule has 9 heteroatoms. The highest BCUT2D eigenvalue weighted by atomic mass is 32.2. The molecule has 0 spiro atoms. The summed E-state index contributed by atoms with van der Waals surface area (Å²) in [6.45, 7) is 3.53. The number of hydrogen-bond acceptors (Lipinski definition) is 6. The van der Waals surface area contributed by atoms with Crippen molar-refractivity contribution in [3.63, 3.8) is 0 Å². The van der Waals surface area contributed by atoms with E-state index in [0.717, 1.165) is 5.56 Å². The van der Waals surface area contributed by atoms with Crippen molar-refractivity contribution in [3.05, 3.63) is 59.7 Å². The Hall–Kier alpha value is -2.90. The van der Waals surface area contributed by atoms with Crippen molar-refractivity contribution in [1.82, 2.24) is 9.21 Å². The lowest BCUT2D eigenvalue weighted by molar-refractivity contribution is -0.135. The second kappa shape index (κ2) is 11.7. The molecule has 8 nitrogen and oxygen atoms in total. The van der Waals surface area contributed by atoms with Gasteiger partial charge in [0.25, 0.3) is 0 Å². The van der Waals surface area contributed by atoms with E-state index in [9.17, 15) is 18.3 Å². The summed E-state index contributed by atoms with van der Waals surface area (Å²) in [4.78, 5) is 13.8. The van der Waals surface area contributed by atoms with Crippen molar-refractivity contribution in [2.75, 3.05) is 40.5 Å². The molecule has 188 valence electrons. The monoisotopic (exact) mass is 500 g/mol. The van der Waals surface area contributed by atoms with Gasteiger partial charge in [-0.15, -0.1) is 0 Å². The van der Waals surface area contributed by atoms with Gasteiger partial charge in [0, 0.05) is 43.8 Å². The minimum atomic E-state index is -3.95. The van der Waals surface area contributed by atoms with Gasteiger partial charge in [0.1, 0.15) is 23.4 Å². The largest absolute Gasteiger partial charge is 0.487 e. The van der Waals surface area contributed by atoms with E-state index in [1.807, 2.05) is 37.3 Å². The first-order valence-electron chi connectivity index (χ1n) is 11.4. The summed E-state index contributed by atoms with van der Waals surface area (Å²) in [5.41, 5.74) is 1.43. The zero-order valence-corrected chi connectivity index (χ0v) is 21.3. The lowest BCUT2D eigenvalue weighted by atomic mass is 10.0. The second-order valence-corrected chi connectivity index (χ2v) is 10.6. The van der Waals surface area contributed by atoms with E-state index in [1.54, 1.807) is 26.1 Å². The molecule has 0 saturated carbocycles. The van der Waals surface area contributed by atoms with E-state index >= 15 is 0 Å². The molecule has 3 rings (SSSR count). The van der Waals surface area contributed by atoms with Crippen LogP contribution in [0.4, 0.5) is 0 Å². The van der Waals surface area contributed by atoms with Crippen LogP contribution >= 0.6 is 0 Å². The Labute approximate surface area is 207 Å². The summed E-state index contributed by atoms with van der Waals surface area (Å²) in [7, 11) is -0.839. The van der Waals surface area contributed by atoms with Crippen LogP contribution in [0.2, 0.25) is 0 Å². The van der Waals surface area contributed by atoms with Crippen molar-refractivity contribution in [2.24, 2.45) is 5.92 Å². The lowest BCUT2D eigenvalue weighted by Gasteiger charge is -2.37. The normalized spacial score (nSPS) is 20.3. The number of carbonyl (C=O) groups is 1. The van der Waals surface area contributed by atoms with Gasteiger partial charge >= 0.3 is 0 Å². The van der Waals surface area contributed by atoms with E-state index < -0.39 is 22.2 Å². The number of ether oxygens (including phenoxy) is 2. The number of hydrogen-bond donors (Lipinski definition) is 1. The Morgan fingerprint density at radius 3 is 2.57 bits per heavy atom. The number of fused-ring (bicyclic) bond motifs is 1. The molecule has 1 amide bonds. The third-order valence-electron chi connectivity index (χ3n) is 5.94. The molecule has 1 aliphatic rings. The number of rotatable bonds is 6. The van der Waals surface area contributed by atoms with Crippen LogP contribution in [0, 0.1) is 17.8 Å². The molecular weight excluding hydrogens is 468 g/mol. The van der Waals surface area contributed by atoms with Crippen LogP contribution in [0.3, 0.4) is 0 Å². The zero-order chi connectivity index (χ0) is 25.6. The molecule has 0 bridgehead atoms. The van der Waals surface area contributed by atoms with Gasteiger partial charge < -0.3 is 19.5 Å². The number of nitrogens with zero attached hydrogens (tertiary/aromatic N) is 2. The molecule has 2 aromatic carbocycles. The predicted octanol–water partition coefficient (Wildman–Crippen LogP) is 1.96. The third kappa shape index (κ3) is 6.41. The maximum Gasteiger partial charge on any atom is 0.248 e. The molecule has 0 fully saturated rings. The second-order valence-electron chi connectivity index (χ2n) is 8.72. The Morgan fingerprint density at radius 2 is 1.91 bits per heavy atom. The fraction of sp³-hybridized carbons (Fsp3) is 0.423. The number of benzene rings is 2. The summed E-state index contributed by atoms with van der Waals surface area (Å²) in [5, 5.41) is 9.76. The summed E-state index contributed by atoms with van der Waals surface area (Å²) in [6, 6.07) is 13.6. The van der Waals surface area contributed by atoms with Crippen LogP contribution in [0.15, 0.2) is 53.4 Å². The van der Waals surface area contributed by atoms with Gasteiger partial charge in [-0.1, -0.05) is 37.0 Å². The average molecular weight is 501 g/mol. The van der Waals surface area contributed by atoms with E-state index in [-0.39, 0.29) is 48.8 Å². The van der Waals surface area contributed by atoms with Gasteiger partial charge in [0.2, 0.25) is 15.9 Å². The van der Waals surface area contributed by atoms with Crippen molar-refractivity contribution in [2.45, 2.75) is 30.9 Å². The van der Waals surface area contributed by atoms with Gasteiger partial charge in [0.05, 0.1) is 13.2 Å². The van der Waals surface area contributed by atoms with Gasteiger partial charge in [-0.3, -0.25) is 4.79 Å². The highest BCUT2D eigenvalue weighted by Gasteiger charge is 2.38. The van der Waals surface area contributed by atoms with Crippen LogP contribution < -0.4 is 4.74 Å². The number of sulfonamides is 1. The van der Waals surface area contributed by atoms with Gasteiger partial charge in [-0.25, -0.2) is 8.42 Å². The summed E-state index contributed by atoms with van der Waals surface area (Å²) < 4.78 is 39.6. The smallest absolute Gasteiger partial charge is 0.248 e. The van der Waals surface area contributed by atoms with Crippen molar-refractivity contribution in [3.8, 4) is 17.6 Å². The first-order valence-corrected chi connectivity index (χ1v) is 12.8. The number of aliphatic hydroxyl groups is 1. The Morgan fingerprint density at radius 1 is 1.23 bits per heavy atom. The van der Waals surface area contributed by atoms with Crippen LogP contribution in [-0.2, 0) is 19.6 Å². The number of methoxy groups -OCH3 is 1. The maximum absolute atomic E-state index is 13.6. The topological polar surface area (TPSA) is 96.4 Å². The van der Waals surface area contributed by atoms with E-state index in [4.69, 9.17) is 9.47 Å². The average Bonchev–Trinajstić information content (AvgIpc) is 2.85. The minimum Gasteiger partial charge on any atom is -0.487 e. The lowest BCUT2D eigenvalue weighted by Crippen LogP contribution is -2.50. The number of amides is 1. The van der Waals surface area contributed by atoms with Crippen LogP contribution in [0.5, 0.6) is 5.75 Å². The molecule has 0 aliphatic carbocycles. The first-order chi connectivity index (χ1) is 16.7. The highest BCUT2D eigenvalue weighted by Crippen LogP contribution is 2.34. The fourth-order valence-corrected chi connectivity index (χ4v) is 5.62. The SMILES string of the molecule is COCC(=O)N(C)C[C@@H]1Oc2cc(C#Cc3ccccc3)ccc2S(=O)(=O)N([C@H](C)CO)C[C@H]1C. The molecule has 3 atom stereocenters. The number of aliphatic hydroxyl groups excluding tert-OH is 1. The van der Waals surface area contributed by atoms with Crippen LogP contribution in [0.1, 0.15) is 25.0 Å². The molecule has 2 aromatic rings.